The van der Waals surface area contributed by atoms with Crippen molar-refractivity contribution in [2.24, 2.45) is 11.1 Å². The quantitative estimate of drug-likeness (QED) is 0.0743. The van der Waals surface area contributed by atoms with Crippen LogP contribution in [0.2, 0.25) is 0 Å². The number of rotatable bonds is 18. The standard InChI is InChI=1S/C48H64N6O8S/c1-29-43(63-28-51-29)35-16-10-32(11-17-35)25-50-42(58)24-37-23-38(55)26-54(37)45(59)44(47(3,4)5)53-41(57)20-13-31-9-14-34-15-12-33(22-36(34)21-31)27-61-30(2)39(18-19-40(49)56)52-46(60)62-48(6,7)8/h9-12,14-17,21-22,28,30,37-39,44,55H,13,18-20,23-27H2,1-8H3,(H2,49,56)(H,50,58)(H,52,60)(H,53,57)/t30-,37+,38-,39+,44-/m1/s1. The fourth-order valence-corrected chi connectivity index (χ4v) is 8.43. The number of β-amino-alcohol motifs (C(OH)–C–C–N with tert-alkyl or cyclic N) is 1. The Morgan fingerprint density at radius 1 is 0.905 bits per heavy atom. The molecule has 0 radical (unpaired) electrons. The molecule has 0 unspecified atom stereocenters. The van der Waals surface area contributed by atoms with Gasteiger partial charge in [-0.1, -0.05) is 75.4 Å². The molecule has 5 atom stereocenters. The summed E-state index contributed by atoms with van der Waals surface area (Å²) in [5.74, 6) is -1.31. The molecular formula is C48H64N6O8S. The topological polar surface area (TPSA) is 202 Å². The molecule has 3 aromatic carbocycles. The largest absolute Gasteiger partial charge is 0.444 e. The molecule has 340 valence electrons. The zero-order valence-electron chi connectivity index (χ0n) is 37.8. The van der Waals surface area contributed by atoms with Gasteiger partial charge in [-0.3, -0.25) is 19.2 Å². The smallest absolute Gasteiger partial charge is 0.407 e. The van der Waals surface area contributed by atoms with Crippen LogP contribution in [0.15, 0.2) is 66.2 Å². The Bertz CT molecular complexity index is 2230. The number of ether oxygens (including phenoxy) is 2. The van der Waals surface area contributed by atoms with Crippen LogP contribution in [0.3, 0.4) is 0 Å². The number of aliphatic hydroxyl groups is 1. The summed E-state index contributed by atoms with van der Waals surface area (Å²) in [5.41, 5.74) is 10.7. The van der Waals surface area contributed by atoms with E-state index < -0.39 is 53.3 Å². The molecule has 0 spiro atoms. The first kappa shape index (κ1) is 48.6. The molecule has 1 fully saturated rings. The number of aryl methyl sites for hydroxylation is 2. The molecule has 0 bridgehead atoms. The van der Waals surface area contributed by atoms with E-state index in [0.29, 0.717) is 19.4 Å². The number of aromatic nitrogens is 1. The second-order valence-corrected chi connectivity index (χ2v) is 19.5. The van der Waals surface area contributed by atoms with Gasteiger partial charge in [0.25, 0.3) is 0 Å². The zero-order valence-corrected chi connectivity index (χ0v) is 38.6. The van der Waals surface area contributed by atoms with Gasteiger partial charge in [-0.15, -0.1) is 11.3 Å². The molecule has 0 aliphatic carbocycles. The number of alkyl carbamates (subject to hydrolysis) is 1. The van der Waals surface area contributed by atoms with Crippen LogP contribution in [0.4, 0.5) is 4.79 Å². The summed E-state index contributed by atoms with van der Waals surface area (Å²) in [6.45, 7) is 15.4. The fourth-order valence-electron chi connectivity index (χ4n) is 7.62. The minimum absolute atomic E-state index is 0.0311. The lowest BCUT2D eigenvalue weighted by atomic mass is 9.85. The summed E-state index contributed by atoms with van der Waals surface area (Å²) in [7, 11) is 0. The van der Waals surface area contributed by atoms with Crippen molar-refractivity contribution in [3.05, 3.63) is 88.6 Å². The first-order valence-corrected chi connectivity index (χ1v) is 22.5. The Kier molecular flexibility index (Phi) is 16.5. The number of nitrogens with one attached hydrogen (secondary N) is 3. The Balaban J connectivity index is 1.15. The second-order valence-electron chi connectivity index (χ2n) is 18.6. The van der Waals surface area contributed by atoms with E-state index in [1.165, 1.54) is 0 Å². The van der Waals surface area contributed by atoms with Crippen LogP contribution in [-0.4, -0.2) is 87.2 Å². The van der Waals surface area contributed by atoms with Crippen molar-refractivity contribution in [2.75, 3.05) is 6.54 Å². The predicted octanol–water partition coefficient (Wildman–Crippen LogP) is 6.47. The maximum atomic E-state index is 14.2. The van der Waals surface area contributed by atoms with Crippen molar-refractivity contribution >= 4 is 51.8 Å². The number of thiazole rings is 1. The van der Waals surface area contributed by atoms with Crippen molar-refractivity contribution in [3.63, 3.8) is 0 Å². The van der Waals surface area contributed by atoms with Gasteiger partial charge in [0, 0.05) is 38.4 Å². The molecule has 6 N–H and O–H groups in total. The molecular weight excluding hydrogens is 821 g/mol. The van der Waals surface area contributed by atoms with Gasteiger partial charge in [0.05, 0.1) is 40.9 Å². The predicted molar refractivity (Wildman–Crippen MR) is 244 cm³/mol. The number of hydrogen-bond donors (Lipinski definition) is 5. The Hall–Kier alpha value is -5.38. The number of nitrogens with zero attached hydrogens (tertiary/aromatic N) is 2. The number of fused-ring (bicyclic) bond motifs is 1. The molecule has 5 amide bonds. The highest BCUT2D eigenvalue weighted by Gasteiger charge is 2.42. The van der Waals surface area contributed by atoms with Gasteiger partial charge in [-0.05, 0) is 98.4 Å². The van der Waals surface area contributed by atoms with E-state index in [1.54, 1.807) is 37.0 Å². The van der Waals surface area contributed by atoms with Gasteiger partial charge in [-0.2, -0.15) is 0 Å². The molecule has 1 saturated heterocycles. The molecule has 5 rings (SSSR count). The lowest BCUT2D eigenvalue weighted by Gasteiger charge is -2.35. The van der Waals surface area contributed by atoms with Crippen LogP contribution in [-0.2, 0) is 48.2 Å². The van der Waals surface area contributed by atoms with E-state index in [1.807, 2.05) is 101 Å². The third-order valence-corrected chi connectivity index (χ3v) is 12.0. The van der Waals surface area contributed by atoms with Crippen molar-refractivity contribution in [1.29, 1.82) is 0 Å². The van der Waals surface area contributed by atoms with Crippen LogP contribution in [0, 0.1) is 12.3 Å². The Morgan fingerprint density at radius 2 is 1.57 bits per heavy atom. The van der Waals surface area contributed by atoms with Crippen LogP contribution in [0.5, 0.6) is 0 Å². The highest BCUT2D eigenvalue weighted by Crippen LogP contribution is 2.29. The summed E-state index contributed by atoms with van der Waals surface area (Å²) >= 11 is 1.58. The second kappa shape index (κ2) is 21.3. The third-order valence-electron chi connectivity index (χ3n) is 11.1. The molecule has 0 saturated carbocycles. The Morgan fingerprint density at radius 3 is 2.21 bits per heavy atom. The van der Waals surface area contributed by atoms with Crippen LogP contribution >= 0.6 is 11.3 Å². The van der Waals surface area contributed by atoms with Gasteiger partial charge in [0.15, 0.2) is 0 Å². The minimum atomic E-state index is -0.877. The van der Waals surface area contributed by atoms with Crippen molar-refractivity contribution in [2.45, 2.75) is 143 Å². The van der Waals surface area contributed by atoms with E-state index in [2.05, 4.69) is 20.9 Å². The summed E-state index contributed by atoms with van der Waals surface area (Å²) in [5, 5.41) is 21.4. The number of primary amides is 1. The van der Waals surface area contributed by atoms with Crippen LogP contribution in [0.1, 0.15) is 103 Å². The van der Waals surface area contributed by atoms with E-state index in [4.69, 9.17) is 15.2 Å². The van der Waals surface area contributed by atoms with Crippen molar-refractivity contribution in [3.8, 4) is 10.4 Å². The van der Waals surface area contributed by atoms with E-state index in [9.17, 15) is 29.1 Å². The molecule has 15 heteroatoms. The summed E-state index contributed by atoms with van der Waals surface area (Å²) < 4.78 is 11.6. The minimum Gasteiger partial charge on any atom is -0.444 e. The van der Waals surface area contributed by atoms with E-state index >= 15 is 0 Å². The highest BCUT2D eigenvalue weighted by molar-refractivity contribution is 7.13. The Labute approximate surface area is 374 Å². The number of amides is 5. The molecule has 4 aromatic rings. The normalized spacial score (nSPS) is 16.9. The molecule has 14 nitrogen and oxygen atoms in total. The van der Waals surface area contributed by atoms with Crippen LogP contribution < -0.4 is 21.7 Å². The number of likely N-dealkylation sites (tertiary alicyclic amines) is 1. The first-order chi connectivity index (χ1) is 29.6. The SMILES string of the molecule is Cc1ncsc1-c1ccc(CNC(=O)C[C@@H]2C[C@@H](O)CN2C(=O)[C@@H](NC(=O)CCc2ccc3ccc(CO[C@H](C)[C@H](CCC(N)=O)NC(=O)OC(C)(C)C)cc3c2)C(C)(C)C)cc1. The maximum absolute atomic E-state index is 14.2. The van der Waals surface area contributed by atoms with Crippen molar-refractivity contribution < 1.29 is 38.6 Å². The molecule has 1 aromatic heterocycles. The monoisotopic (exact) mass is 884 g/mol. The molecule has 1 aliphatic rings. The van der Waals surface area contributed by atoms with Crippen LogP contribution in [0.25, 0.3) is 21.2 Å². The number of aliphatic hydroxyl groups excluding tert-OH is 1. The number of benzene rings is 3. The number of carbonyl (C=O) groups is 5. The summed E-state index contributed by atoms with van der Waals surface area (Å²) in [4.78, 5) is 71.8. The average Bonchev–Trinajstić information content (AvgIpc) is 3.81. The number of carbonyl (C=O) groups excluding carboxylic acids is 5. The molecule has 2 heterocycles. The van der Waals surface area contributed by atoms with Gasteiger partial charge >= 0.3 is 6.09 Å². The third kappa shape index (κ3) is 14.6. The zero-order chi connectivity index (χ0) is 46.1. The average molecular weight is 885 g/mol. The maximum Gasteiger partial charge on any atom is 0.407 e. The number of nitrogens with two attached hydrogens (primary N) is 1. The van der Waals surface area contributed by atoms with Gasteiger partial charge < -0.3 is 41.2 Å². The van der Waals surface area contributed by atoms with E-state index in [0.717, 1.165) is 43.6 Å². The fraction of sp³-hybridized carbons (Fsp3) is 0.500. The lowest BCUT2D eigenvalue weighted by Crippen LogP contribution is -2.56. The van der Waals surface area contributed by atoms with Gasteiger partial charge in [0.2, 0.25) is 23.6 Å². The first-order valence-electron chi connectivity index (χ1n) is 21.6. The van der Waals surface area contributed by atoms with E-state index in [-0.39, 0.29) is 56.6 Å². The summed E-state index contributed by atoms with van der Waals surface area (Å²) in [6.07, 6.45) is -0.594. The molecule has 1 aliphatic heterocycles. The molecule has 63 heavy (non-hydrogen) atoms. The highest BCUT2D eigenvalue weighted by atomic mass is 32.1. The number of hydrogen-bond acceptors (Lipinski definition) is 10. The lowest BCUT2D eigenvalue weighted by molar-refractivity contribution is -0.141. The van der Waals surface area contributed by atoms with Crippen molar-refractivity contribution in [1.82, 2.24) is 25.8 Å². The summed E-state index contributed by atoms with van der Waals surface area (Å²) in [6, 6.07) is 18.1. The van der Waals surface area contributed by atoms with Gasteiger partial charge in [-0.25, -0.2) is 9.78 Å². The van der Waals surface area contributed by atoms with Gasteiger partial charge in [0.1, 0.15) is 11.6 Å².